The Morgan fingerprint density at radius 2 is 1.86 bits per heavy atom. The molecular weight excluding hydrogens is 327 g/mol. The molecule has 122 valence electrons. The second kappa shape index (κ2) is 6.34. The minimum Gasteiger partial charge on any atom is -0.465 e. The Kier molecular flexibility index (Phi) is 5.17. The van der Waals surface area contributed by atoms with Crippen molar-refractivity contribution in [3.63, 3.8) is 0 Å². The van der Waals surface area contributed by atoms with E-state index in [0.717, 1.165) is 13.2 Å². The maximum atomic E-state index is 13.0. The van der Waals surface area contributed by atoms with Crippen LogP contribution in [-0.2, 0) is 25.7 Å². The van der Waals surface area contributed by atoms with Gasteiger partial charge in [0.15, 0.2) is 0 Å². The molecule has 0 saturated heterocycles. The van der Waals surface area contributed by atoms with E-state index in [9.17, 15) is 31.2 Å². The highest BCUT2D eigenvalue weighted by atomic mass is 32.2. The second-order valence-corrected chi connectivity index (χ2v) is 5.76. The zero-order valence-corrected chi connectivity index (χ0v) is 12.3. The number of rotatable bonds is 4. The zero-order chi connectivity index (χ0) is 17.1. The monoisotopic (exact) mass is 339 g/mol. The summed E-state index contributed by atoms with van der Waals surface area (Å²) in [6.07, 6.45) is -5.13. The molecule has 1 N–H and O–H groups in total. The summed E-state index contributed by atoms with van der Waals surface area (Å²) in [4.78, 5) is 21.7. The van der Waals surface area contributed by atoms with Gasteiger partial charge in [0, 0.05) is 6.42 Å². The van der Waals surface area contributed by atoms with Crippen LogP contribution in [0.5, 0.6) is 0 Å². The third kappa shape index (κ3) is 3.97. The van der Waals surface area contributed by atoms with E-state index in [0.29, 0.717) is 6.07 Å². The van der Waals surface area contributed by atoms with E-state index in [1.165, 1.54) is 6.92 Å². The third-order valence-electron chi connectivity index (χ3n) is 2.58. The van der Waals surface area contributed by atoms with Crippen molar-refractivity contribution in [2.75, 3.05) is 7.11 Å². The molecule has 1 amide bonds. The van der Waals surface area contributed by atoms with Crippen LogP contribution < -0.4 is 4.72 Å². The van der Waals surface area contributed by atoms with Gasteiger partial charge >= 0.3 is 12.1 Å². The SMILES string of the molecule is CCC(=O)NS(=O)(=O)c1ccc(C(=O)OC)c(C(F)(F)F)c1. The van der Waals surface area contributed by atoms with Crippen LogP contribution >= 0.6 is 0 Å². The highest BCUT2D eigenvalue weighted by Gasteiger charge is 2.37. The average Bonchev–Trinajstić information content (AvgIpc) is 2.44. The standard InChI is InChI=1S/C12H12F3NO5S/c1-3-10(17)16-22(19,20)7-4-5-8(11(18)21-2)9(6-7)12(13,14)15/h4-6H,3H2,1-2H3,(H,16,17). The molecule has 0 fully saturated rings. The van der Waals surface area contributed by atoms with Gasteiger partial charge in [0.1, 0.15) is 0 Å². The van der Waals surface area contributed by atoms with Crippen LogP contribution in [-0.4, -0.2) is 27.4 Å². The van der Waals surface area contributed by atoms with Crippen LogP contribution in [0.2, 0.25) is 0 Å². The fraction of sp³-hybridized carbons (Fsp3) is 0.333. The number of esters is 1. The number of methoxy groups -OCH3 is 1. The summed E-state index contributed by atoms with van der Waals surface area (Å²) in [6.45, 7) is 1.38. The maximum absolute atomic E-state index is 13.0. The third-order valence-corrected chi connectivity index (χ3v) is 3.95. The number of amides is 1. The molecule has 0 aliphatic heterocycles. The lowest BCUT2D eigenvalue weighted by atomic mass is 10.1. The Bertz CT molecular complexity index is 697. The summed E-state index contributed by atoms with van der Waals surface area (Å²) in [5.74, 6) is -2.13. The van der Waals surface area contributed by atoms with E-state index in [1.807, 2.05) is 0 Å². The fourth-order valence-corrected chi connectivity index (χ4v) is 2.58. The maximum Gasteiger partial charge on any atom is 0.417 e. The van der Waals surface area contributed by atoms with E-state index in [1.54, 1.807) is 4.72 Å². The van der Waals surface area contributed by atoms with Crippen molar-refractivity contribution < 1.29 is 35.9 Å². The largest absolute Gasteiger partial charge is 0.465 e. The predicted molar refractivity (Wildman–Crippen MR) is 68.4 cm³/mol. The number of ether oxygens (including phenoxy) is 1. The highest BCUT2D eigenvalue weighted by molar-refractivity contribution is 7.90. The first-order valence-corrected chi connectivity index (χ1v) is 7.36. The van der Waals surface area contributed by atoms with Crippen LogP contribution in [0.1, 0.15) is 29.3 Å². The average molecular weight is 339 g/mol. The molecule has 1 aromatic rings. The predicted octanol–water partition coefficient (Wildman–Crippen LogP) is 1.71. The summed E-state index contributed by atoms with van der Waals surface area (Å²) >= 11 is 0. The number of carbonyl (C=O) groups is 2. The number of halogens is 3. The van der Waals surface area contributed by atoms with Gasteiger partial charge in [-0.15, -0.1) is 0 Å². The van der Waals surface area contributed by atoms with Crippen LogP contribution in [0.3, 0.4) is 0 Å². The summed E-state index contributed by atoms with van der Waals surface area (Å²) in [5.41, 5.74) is -2.29. The van der Waals surface area contributed by atoms with E-state index < -0.39 is 44.1 Å². The van der Waals surface area contributed by atoms with Gasteiger partial charge in [-0.2, -0.15) is 13.2 Å². The summed E-state index contributed by atoms with van der Waals surface area (Å²) in [7, 11) is -3.56. The molecule has 1 aromatic carbocycles. The molecule has 0 aliphatic carbocycles. The zero-order valence-electron chi connectivity index (χ0n) is 11.5. The summed E-state index contributed by atoms with van der Waals surface area (Å²) < 4.78 is 68.3. The Balaban J connectivity index is 3.43. The van der Waals surface area contributed by atoms with Gasteiger partial charge in [0.2, 0.25) is 5.91 Å². The molecule has 0 aliphatic rings. The number of alkyl halides is 3. The topological polar surface area (TPSA) is 89.5 Å². The number of benzene rings is 1. The fourth-order valence-electron chi connectivity index (χ4n) is 1.49. The number of hydrogen-bond donors (Lipinski definition) is 1. The molecule has 1 rings (SSSR count). The highest BCUT2D eigenvalue weighted by Crippen LogP contribution is 2.33. The van der Waals surface area contributed by atoms with E-state index in [-0.39, 0.29) is 12.5 Å². The molecular formula is C12H12F3NO5S. The Morgan fingerprint density at radius 1 is 1.27 bits per heavy atom. The minimum atomic E-state index is -4.97. The van der Waals surface area contributed by atoms with Gasteiger partial charge in [-0.25, -0.2) is 17.9 Å². The van der Waals surface area contributed by atoms with Gasteiger partial charge in [-0.1, -0.05) is 6.92 Å². The molecule has 0 heterocycles. The van der Waals surface area contributed by atoms with Crippen molar-refractivity contribution in [1.29, 1.82) is 0 Å². The van der Waals surface area contributed by atoms with Gasteiger partial charge in [-0.05, 0) is 18.2 Å². The van der Waals surface area contributed by atoms with Crippen molar-refractivity contribution in [3.05, 3.63) is 29.3 Å². The van der Waals surface area contributed by atoms with Crippen molar-refractivity contribution in [3.8, 4) is 0 Å². The number of hydrogen-bond acceptors (Lipinski definition) is 5. The molecule has 0 aromatic heterocycles. The van der Waals surface area contributed by atoms with Gasteiger partial charge in [0.25, 0.3) is 10.0 Å². The first kappa shape index (κ1) is 18.0. The van der Waals surface area contributed by atoms with Crippen LogP contribution in [0.25, 0.3) is 0 Å². The second-order valence-electron chi connectivity index (χ2n) is 4.08. The van der Waals surface area contributed by atoms with Crippen molar-refractivity contribution in [2.24, 2.45) is 0 Å². The smallest absolute Gasteiger partial charge is 0.417 e. The van der Waals surface area contributed by atoms with Gasteiger partial charge < -0.3 is 4.74 Å². The molecule has 0 spiro atoms. The molecule has 0 unspecified atom stereocenters. The quantitative estimate of drug-likeness (QED) is 0.844. The van der Waals surface area contributed by atoms with E-state index in [4.69, 9.17) is 0 Å². The molecule has 0 saturated carbocycles. The molecule has 22 heavy (non-hydrogen) atoms. The number of carbonyl (C=O) groups excluding carboxylic acids is 2. The van der Waals surface area contributed by atoms with Crippen molar-refractivity contribution in [1.82, 2.24) is 4.72 Å². The van der Waals surface area contributed by atoms with Gasteiger partial charge in [-0.3, -0.25) is 4.79 Å². The molecule has 6 nitrogen and oxygen atoms in total. The lowest BCUT2D eigenvalue weighted by Gasteiger charge is -2.13. The van der Waals surface area contributed by atoms with Crippen LogP contribution in [0.15, 0.2) is 23.1 Å². The van der Waals surface area contributed by atoms with Crippen molar-refractivity contribution in [2.45, 2.75) is 24.4 Å². The Hall–Kier alpha value is -2.10. The Labute approximate surface area is 124 Å². The summed E-state index contributed by atoms with van der Waals surface area (Å²) in [6, 6.07) is 1.74. The van der Waals surface area contributed by atoms with Crippen LogP contribution in [0.4, 0.5) is 13.2 Å². The normalized spacial score (nSPS) is 11.9. The van der Waals surface area contributed by atoms with Crippen LogP contribution in [0, 0.1) is 0 Å². The minimum absolute atomic E-state index is 0.161. The van der Waals surface area contributed by atoms with Gasteiger partial charge in [0.05, 0.1) is 23.1 Å². The molecule has 10 heteroatoms. The number of sulfonamides is 1. The first-order valence-electron chi connectivity index (χ1n) is 5.88. The molecule has 0 radical (unpaired) electrons. The van der Waals surface area contributed by atoms with E-state index >= 15 is 0 Å². The molecule has 0 bridgehead atoms. The first-order chi connectivity index (χ1) is 10.0. The number of nitrogens with one attached hydrogen (secondary N) is 1. The summed E-state index contributed by atoms with van der Waals surface area (Å²) in [5, 5.41) is 0. The van der Waals surface area contributed by atoms with Crippen molar-refractivity contribution >= 4 is 21.9 Å². The lowest BCUT2D eigenvalue weighted by Crippen LogP contribution is -2.30. The molecule has 0 atom stereocenters. The Morgan fingerprint density at radius 3 is 2.32 bits per heavy atom. The van der Waals surface area contributed by atoms with E-state index in [2.05, 4.69) is 4.74 Å². The lowest BCUT2D eigenvalue weighted by molar-refractivity contribution is -0.138.